The van der Waals surface area contributed by atoms with Gasteiger partial charge < -0.3 is 15.4 Å². The van der Waals surface area contributed by atoms with E-state index in [0.29, 0.717) is 23.1 Å². The molecule has 2 rings (SSSR count). The van der Waals surface area contributed by atoms with Crippen LogP contribution in [0.1, 0.15) is 39.0 Å². The molecule has 0 spiro atoms. The topological polar surface area (TPSA) is 50.4 Å². The number of halogens is 1. The molecule has 0 atom stereocenters. The summed E-state index contributed by atoms with van der Waals surface area (Å²) in [5, 5.41) is 6.38. The van der Waals surface area contributed by atoms with Crippen LogP contribution in [0.25, 0.3) is 0 Å². The third-order valence-electron chi connectivity index (χ3n) is 3.34. The number of rotatable bonds is 5. The summed E-state index contributed by atoms with van der Waals surface area (Å²) >= 11 is 5.98. The second-order valence-corrected chi connectivity index (χ2v) is 5.51. The predicted molar refractivity (Wildman–Crippen MR) is 81.6 cm³/mol. The van der Waals surface area contributed by atoms with Crippen molar-refractivity contribution >= 4 is 23.3 Å². The number of carbonyl (C=O) groups excluding carboxylic acids is 1. The smallest absolute Gasteiger partial charge is 0.319 e. The Kier molecular flexibility index (Phi) is 5.53. The van der Waals surface area contributed by atoms with Crippen LogP contribution >= 0.6 is 11.6 Å². The van der Waals surface area contributed by atoms with E-state index in [1.54, 1.807) is 18.2 Å². The van der Waals surface area contributed by atoms with Gasteiger partial charge in [-0.05, 0) is 37.5 Å². The summed E-state index contributed by atoms with van der Waals surface area (Å²) in [5.41, 5.74) is 0.612. The molecule has 20 heavy (non-hydrogen) atoms. The first-order valence-corrected chi connectivity index (χ1v) is 7.56. The summed E-state index contributed by atoms with van der Waals surface area (Å²) in [7, 11) is 0. The number of carbonyl (C=O) groups is 1. The Hall–Kier alpha value is -1.42. The molecule has 2 N–H and O–H groups in total. The van der Waals surface area contributed by atoms with Crippen molar-refractivity contribution in [2.45, 2.75) is 45.1 Å². The van der Waals surface area contributed by atoms with E-state index >= 15 is 0 Å². The van der Waals surface area contributed by atoms with Crippen LogP contribution in [-0.4, -0.2) is 18.7 Å². The zero-order chi connectivity index (χ0) is 14.4. The van der Waals surface area contributed by atoms with E-state index in [9.17, 15) is 4.79 Å². The number of anilines is 1. The van der Waals surface area contributed by atoms with E-state index < -0.39 is 0 Å². The van der Waals surface area contributed by atoms with Gasteiger partial charge in [0.05, 0.1) is 12.3 Å². The van der Waals surface area contributed by atoms with Crippen molar-refractivity contribution in [3.8, 4) is 5.75 Å². The number of hydrogen-bond acceptors (Lipinski definition) is 2. The predicted octanol–water partition coefficient (Wildman–Crippen LogP) is 4.19. The molecule has 1 saturated carbocycles. The Balaban J connectivity index is 1.98. The Labute approximate surface area is 124 Å². The van der Waals surface area contributed by atoms with Crippen molar-refractivity contribution in [1.82, 2.24) is 5.32 Å². The lowest BCUT2D eigenvalue weighted by Crippen LogP contribution is -2.36. The minimum absolute atomic E-state index is 0.194. The van der Waals surface area contributed by atoms with Crippen LogP contribution in [0.5, 0.6) is 5.75 Å². The van der Waals surface area contributed by atoms with E-state index in [-0.39, 0.29) is 12.1 Å². The van der Waals surface area contributed by atoms with Crippen molar-refractivity contribution in [3.05, 3.63) is 23.2 Å². The molecule has 2 amide bonds. The minimum Gasteiger partial charge on any atom is -0.491 e. The van der Waals surface area contributed by atoms with E-state index in [1.807, 2.05) is 6.92 Å². The first-order chi connectivity index (χ1) is 9.69. The molecular formula is C15H21ClN2O2. The number of nitrogens with one attached hydrogen (secondary N) is 2. The summed E-state index contributed by atoms with van der Waals surface area (Å²) in [6.45, 7) is 2.65. The molecule has 0 saturated heterocycles. The van der Waals surface area contributed by atoms with Crippen LogP contribution in [0.3, 0.4) is 0 Å². The first-order valence-electron chi connectivity index (χ1n) is 7.19. The molecule has 0 aliphatic heterocycles. The van der Waals surface area contributed by atoms with Gasteiger partial charge in [-0.1, -0.05) is 31.4 Å². The Morgan fingerprint density at radius 3 is 2.85 bits per heavy atom. The van der Waals surface area contributed by atoms with Crippen LogP contribution < -0.4 is 15.4 Å². The second kappa shape index (κ2) is 7.39. The van der Waals surface area contributed by atoms with Crippen molar-refractivity contribution < 1.29 is 9.53 Å². The molecule has 4 nitrogen and oxygen atoms in total. The quantitative estimate of drug-likeness (QED) is 0.856. The largest absolute Gasteiger partial charge is 0.491 e. The van der Waals surface area contributed by atoms with E-state index in [2.05, 4.69) is 10.6 Å². The molecular weight excluding hydrogens is 276 g/mol. The average molecular weight is 297 g/mol. The maximum atomic E-state index is 12.0. The molecule has 0 radical (unpaired) electrons. The van der Waals surface area contributed by atoms with Crippen molar-refractivity contribution in [2.75, 3.05) is 11.9 Å². The fourth-order valence-electron chi connectivity index (χ4n) is 2.35. The molecule has 5 heteroatoms. The molecule has 1 aliphatic rings. The van der Waals surface area contributed by atoms with E-state index in [1.165, 1.54) is 12.8 Å². The SMILES string of the molecule is CCCOc1ccc(Cl)cc1NC(=O)NC1CCCC1. The van der Waals surface area contributed by atoms with Gasteiger partial charge in [0.2, 0.25) is 0 Å². The monoisotopic (exact) mass is 296 g/mol. The highest BCUT2D eigenvalue weighted by molar-refractivity contribution is 6.31. The molecule has 1 aromatic carbocycles. The van der Waals surface area contributed by atoms with Gasteiger partial charge in [0.25, 0.3) is 0 Å². The summed E-state index contributed by atoms with van der Waals surface area (Å²) in [5.74, 6) is 0.651. The summed E-state index contributed by atoms with van der Waals surface area (Å²) in [6, 6.07) is 5.34. The van der Waals surface area contributed by atoms with Gasteiger partial charge in [-0.15, -0.1) is 0 Å². The Morgan fingerprint density at radius 1 is 1.40 bits per heavy atom. The van der Waals surface area contributed by atoms with Crippen molar-refractivity contribution in [3.63, 3.8) is 0 Å². The maximum Gasteiger partial charge on any atom is 0.319 e. The van der Waals surface area contributed by atoms with Gasteiger partial charge in [-0.25, -0.2) is 4.79 Å². The fourth-order valence-corrected chi connectivity index (χ4v) is 2.52. The van der Waals surface area contributed by atoms with Crippen LogP contribution in [0.4, 0.5) is 10.5 Å². The van der Waals surface area contributed by atoms with E-state index in [4.69, 9.17) is 16.3 Å². The first kappa shape index (κ1) is 15.0. The molecule has 110 valence electrons. The Morgan fingerprint density at radius 2 is 2.15 bits per heavy atom. The number of hydrogen-bond donors (Lipinski definition) is 2. The van der Waals surface area contributed by atoms with Crippen LogP contribution in [0.15, 0.2) is 18.2 Å². The van der Waals surface area contributed by atoms with Crippen LogP contribution in [0, 0.1) is 0 Å². The highest BCUT2D eigenvalue weighted by Crippen LogP contribution is 2.28. The molecule has 0 unspecified atom stereocenters. The zero-order valence-electron chi connectivity index (χ0n) is 11.7. The van der Waals surface area contributed by atoms with Gasteiger partial charge in [-0.3, -0.25) is 0 Å². The zero-order valence-corrected chi connectivity index (χ0v) is 12.5. The van der Waals surface area contributed by atoms with Gasteiger partial charge in [0, 0.05) is 11.1 Å². The second-order valence-electron chi connectivity index (χ2n) is 5.07. The summed E-state index contributed by atoms with van der Waals surface area (Å²) in [6.07, 6.45) is 5.40. The summed E-state index contributed by atoms with van der Waals surface area (Å²) in [4.78, 5) is 12.0. The molecule has 0 aromatic heterocycles. The highest BCUT2D eigenvalue weighted by atomic mass is 35.5. The van der Waals surface area contributed by atoms with Gasteiger partial charge >= 0.3 is 6.03 Å². The molecule has 1 fully saturated rings. The molecule has 0 bridgehead atoms. The number of amides is 2. The number of urea groups is 1. The average Bonchev–Trinajstić information content (AvgIpc) is 2.90. The van der Waals surface area contributed by atoms with Crippen LogP contribution in [0.2, 0.25) is 5.02 Å². The van der Waals surface area contributed by atoms with Gasteiger partial charge in [0.1, 0.15) is 5.75 Å². The third kappa shape index (κ3) is 4.30. The lowest BCUT2D eigenvalue weighted by molar-refractivity contribution is 0.248. The van der Waals surface area contributed by atoms with Gasteiger partial charge in [0.15, 0.2) is 0 Å². The normalized spacial score (nSPS) is 15.1. The fraction of sp³-hybridized carbons (Fsp3) is 0.533. The van der Waals surface area contributed by atoms with Crippen molar-refractivity contribution in [2.24, 2.45) is 0 Å². The van der Waals surface area contributed by atoms with E-state index in [0.717, 1.165) is 19.3 Å². The Bertz CT molecular complexity index is 459. The van der Waals surface area contributed by atoms with Gasteiger partial charge in [-0.2, -0.15) is 0 Å². The molecule has 1 aliphatic carbocycles. The minimum atomic E-state index is -0.194. The molecule has 1 aromatic rings. The highest BCUT2D eigenvalue weighted by Gasteiger charge is 2.17. The molecule has 0 heterocycles. The number of benzene rings is 1. The lowest BCUT2D eigenvalue weighted by Gasteiger charge is -2.15. The third-order valence-corrected chi connectivity index (χ3v) is 3.58. The number of ether oxygens (including phenoxy) is 1. The summed E-state index contributed by atoms with van der Waals surface area (Å²) < 4.78 is 5.61. The maximum absolute atomic E-state index is 12.0. The van der Waals surface area contributed by atoms with Crippen molar-refractivity contribution in [1.29, 1.82) is 0 Å². The standard InChI is InChI=1S/C15H21ClN2O2/c1-2-9-20-14-8-7-11(16)10-13(14)18-15(19)17-12-5-3-4-6-12/h7-8,10,12H,2-6,9H2,1H3,(H2,17,18,19). The lowest BCUT2D eigenvalue weighted by atomic mass is 10.2. The van der Waals surface area contributed by atoms with Crippen LogP contribution in [-0.2, 0) is 0 Å².